The number of phosphoric ester groups is 1. The molecule has 0 rings (SSSR count). The third-order valence-electron chi connectivity index (χ3n) is 9.52. The number of unbranched alkanes of at least 4 members (excludes halogenated alkanes) is 19. The van der Waals surface area contributed by atoms with Crippen LogP contribution in [-0.2, 0) is 32.7 Å². The van der Waals surface area contributed by atoms with Crippen molar-refractivity contribution in [1.82, 2.24) is 0 Å². The molecule has 0 saturated heterocycles. The lowest BCUT2D eigenvalue weighted by Gasteiger charge is -2.20. The minimum absolute atomic E-state index is 0.00202. The van der Waals surface area contributed by atoms with Gasteiger partial charge in [-0.2, -0.15) is 0 Å². The molecule has 0 aliphatic rings. The van der Waals surface area contributed by atoms with E-state index in [4.69, 9.17) is 29.4 Å². The molecule has 0 aliphatic carbocycles. The van der Waals surface area contributed by atoms with E-state index in [0.717, 1.165) is 83.5 Å². The molecule has 0 amide bonds. The van der Waals surface area contributed by atoms with Crippen LogP contribution in [0.15, 0.2) is 60.8 Å². The Morgan fingerprint density at radius 1 is 0.552 bits per heavy atom. The number of carbonyl (C=O) groups excluding carboxylic acids is 1. The maximum atomic E-state index is 12.7. The predicted molar refractivity (Wildman–Crippen MR) is 240 cm³/mol. The van der Waals surface area contributed by atoms with Gasteiger partial charge in [0.1, 0.15) is 12.1 Å². The second-order valence-electron chi connectivity index (χ2n) is 15.2. The number of carboxylic acid groups (broad SMARTS) is 1. The molecule has 0 heterocycles. The van der Waals surface area contributed by atoms with E-state index in [1.807, 2.05) is 0 Å². The molecule has 0 aromatic heterocycles. The van der Waals surface area contributed by atoms with E-state index < -0.39 is 45.1 Å². The van der Waals surface area contributed by atoms with Gasteiger partial charge in [-0.05, 0) is 83.5 Å². The zero-order chi connectivity index (χ0) is 42.6. The SMILES string of the molecule is CCCCC/C=C\C/C=C\C/C=C\CCCCCCCCC(=O)OC(COCCCCCCCC/C=C\C/C=C\CCCCCC)COP(=O)(O)OCC(N)C(=O)O. The van der Waals surface area contributed by atoms with Gasteiger partial charge in [0.15, 0.2) is 0 Å². The second kappa shape index (κ2) is 42.8. The Balaban J connectivity index is 4.28. The van der Waals surface area contributed by atoms with E-state index >= 15 is 0 Å². The molecule has 10 nitrogen and oxygen atoms in total. The van der Waals surface area contributed by atoms with E-state index in [9.17, 15) is 19.0 Å². The highest BCUT2D eigenvalue weighted by molar-refractivity contribution is 7.47. The summed E-state index contributed by atoms with van der Waals surface area (Å²) in [5, 5.41) is 8.90. The summed E-state index contributed by atoms with van der Waals surface area (Å²) in [6.07, 6.45) is 51.2. The fraction of sp³-hybridized carbons (Fsp3) is 0.745. The first kappa shape index (κ1) is 55.7. The van der Waals surface area contributed by atoms with E-state index in [-0.39, 0.29) is 13.0 Å². The maximum absolute atomic E-state index is 12.7. The van der Waals surface area contributed by atoms with Crippen molar-refractivity contribution in [3.05, 3.63) is 60.8 Å². The molecule has 58 heavy (non-hydrogen) atoms. The molecular formula is C47H84NO9P. The van der Waals surface area contributed by atoms with Crippen LogP contribution in [-0.4, -0.2) is 60.5 Å². The smallest absolute Gasteiger partial charge is 0.472 e. The van der Waals surface area contributed by atoms with E-state index in [1.165, 1.54) is 77.0 Å². The lowest BCUT2D eigenvalue weighted by molar-refractivity contribution is -0.154. The third kappa shape index (κ3) is 41.8. The number of hydrogen-bond acceptors (Lipinski definition) is 8. The summed E-state index contributed by atoms with van der Waals surface area (Å²) < 4.78 is 33.4. The van der Waals surface area contributed by atoms with Crippen LogP contribution in [0.5, 0.6) is 0 Å². The molecule has 0 fully saturated rings. The normalized spacial score (nSPS) is 14.4. The second-order valence-corrected chi connectivity index (χ2v) is 16.6. The topological polar surface area (TPSA) is 155 Å². The molecule has 11 heteroatoms. The zero-order valence-corrected chi connectivity index (χ0v) is 37.5. The Bertz CT molecular complexity index is 1150. The van der Waals surface area contributed by atoms with Crippen LogP contribution in [0.3, 0.4) is 0 Å². The molecule has 0 bridgehead atoms. The molecule has 3 unspecified atom stereocenters. The Morgan fingerprint density at radius 3 is 1.45 bits per heavy atom. The van der Waals surface area contributed by atoms with Crippen molar-refractivity contribution >= 4 is 19.8 Å². The van der Waals surface area contributed by atoms with Crippen molar-refractivity contribution in [3.8, 4) is 0 Å². The van der Waals surface area contributed by atoms with Gasteiger partial charge in [0.25, 0.3) is 0 Å². The Kier molecular flexibility index (Phi) is 41.1. The van der Waals surface area contributed by atoms with Crippen LogP contribution >= 0.6 is 7.82 Å². The quantitative estimate of drug-likeness (QED) is 0.0234. The van der Waals surface area contributed by atoms with Crippen molar-refractivity contribution in [2.45, 2.75) is 199 Å². The van der Waals surface area contributed by atoms with Gasteiger partial charge in [-0.1, -0.05) is 158 Å². The van der Waals surface area contributed by atoms with Crippen LogP contribution in [0.1, 0.15) is 187 Å². The molecule has 0 saturated carbocycles. The number of hydrogen-bond donors (Lipinski definition) is 3. The van der Waals surface area contributed by atoms with Crippen molar-refractivity contribution in [2.75, 3.05) is 26.4 Å². The highest BCUT2D eigenvalue weighted by atomic mass is 31.2. The summed E-state index contributed by atoms with van der Waals surface area (Å²) in [4.78, 5) is 33.6. The Hall–Kier alpha value is -2.33. The van der Waals surface area contributed by atoms with Gasteiger partial charge < -0.3 is 25.2 Å². The van der Waals surface area contributed by atoms with Crippen molar-refractivity contribution in [3.63, 3.8) is 0 Å². The van der Waals surface area contributed by atoms with E-state index in [0.29, 0.717) is 13.0 Å². The molecule has 0 spiro atoms. The van der Waals surface area contributed by atoms with Crippen LogP contribution in [0.4, 0.5) is 0 Å². The highest BCUT2D eigenvalue weighted by Crippen LogP contribution is 2.43. The number of carbonyl (C=O) groups is 2. The number of rotatable bonds is 43. The Labute approximate surface area is 353 Å². The first-order valence-electron chi connectivity index (χ1n) is 22.8. The van der Waals surface area contributed by atoms with Gasteiger partial charge in [0.2, 0.25) is 0 Å². The van der Waals surface area contributed by atoms with Gasteiger partial charge >= 0.3 is 19.8 Å². The average Bonchev–Trinajstić information content (AvgIpc) is 3.20. The first-order chi connectivity index (χ1) is 28.2. The van der Waals surface area contributed by atoms with Gasteiger partial charge in [-0.25, -0.2) is 4.57 Å². The summed E-state index contributed by atoms with van der Waals surface area (Å²) >= 11 is 0. The van der Waals surface area contributed by atoms with Gasteiger partial charge in [-0.15, -0.1) is 0 Å². The molecule has 0 radical (unpaired) electrons. The van der Waals surface area contributed by atoms with Crippen LogP contribution < -0.4 is 5.73 Å². The minimum Gasteiger partial charge on any atom is -0.480 e. The number of allylic oxidation sites excluding steroid dienone is 10. The van der Waals surface area contributed by atoms with Gasteiger partial charge in [-0.3, -0.25) is 18.6 Å². The van der Waals surface area contributed by atoms with Gasteiger partial charge in [0, 0.05) is 13.0 Å². The largest absolute Gasteiger partial charge is 0.480 e. The molecule has 0 aliphatic heterocycles. The molecular weight excluding hydrogens is 753 g/mol. The van der Waals surface area contributed by atoms with E-state index in [1.54, 1.807) is 0 Å². The number of phosphoric acid groups is 1. The standard InChI is InChI=1S/C47H84NO9P/c1-3-5-7-9-11-13-15-17-19-21-22-23-25-27-29-31-33-35-37-39-46(49)57-44(42-55-58(52,53)56-43-45(48)47(50)51)41-54-40-38-36-34-32-30-28-26-24-20-18-16-14-12-10-8-6-4-2/h11,13-14,16-17,19-20,22-24,44-45H,3-10,12,15,18,21,25-43,48H2,1-2H3,(H,50,51)(H,52,53)/b13-11-,16-14-,19-17-,23-22-,24-20-. The Morgan fingerprint density at radius 2 is 0.948 bits per heavy atom. The van der Waals surface area contributed by atoms with Crippen molar-refractivity contribution in [1.29, 1.82) is 0 Å². The maximum Gasteiger partial charge on any atom is 0.472 e. The predicted octanol–water partition coefficient (Wildman–Crippen LogP) is 12.8. The summed E-state index contributed by atoms with van der Waals surface area (Å²) in [6, 6.07) is -1.48. The monoisotopic (exact) mass is 838 g/mol. The first-order valence-corrected chi connectivity index (χ1v) is 24.3. The number of aliphatic carboxylic acids is 1. The van der Waals surface area contributed by atoms with Crippen molar-refractivity contribution < 1.29 is 42.7 Å². The van der Waals surface area contributed by atoms with Gasteiger partial charge in [0.05, 0.1) is 19.8 Å². The molecule has 0 aromatic rings. The van der Waals surface area contributed by atoms with Crippen molar-refractivity contribution in [2.24, 2.45) is 5.73 Å². The number of carboxylic acids is 1. The van der Waals surface area contributed by atoms with Crippen LogP contribution in [0.2, 0.25) is 0 Å². The molecule has 4 N–H and O–H groups in total. The highest BCUT2D eigenvalue weighted by Gasteiger charge is 2.27. The summed E-state index contributed by atoms with van der Waals surface area (Å²) in [5.41, 5.74) is 5.36. The molecule has 336 valence electrons. The zero-order valence-electron chi connectivity index (χ0n) is 36.6. The number of ether oxygens (including phenoxy) is 2. The molecule has 3 atom stereocenters. The minimum atomic E-state index is -4.63. The summed E-state index contributed by atoms with van der Waals surface area (Å²) in [6.45, 7) is 3.79. The average molecular weight is 838 g/mol. The lowest BCUT2D eigenvalue weighted by Crippen LogP contribution is -2.34. The third-order valence-corrected chi connectivity index (χ3v) is 10.5. The number of esters is 1. The summed E-state index contributed by atoms with van der Waals surface area (Å²) in [5.74, 6) is -1.80. The fourth-order valence-corrected chi connectivity index (χ4v) is 6.71. The molecule has 0 aromatic carbocycles. The van der Waals surface area contributed by atoms with E-state index in [2.05, 4.69) is 74.6 Å². The van der Waals surface area contributed by atoms with Crippen LogP contribution in [0, 0.1) is 0 Å². The van der Waals surface area contributed by atoms with Crippen LogP contribution in [0.25, 0.3) is 0 Å². The number of nitrogens with two attached hydrogens (primary N) is 1. The summed E-state index contributed by atoms with van der Waals surface area (Å²) in [7, 11) is -4.63. The fourth-order valence-electron chi connectivity index (χ4n) is 5.93. The lowest BCUT2D eigenvalue weighted by atomic mass is 10.1.